The van der Waals surface area contributed by atoms with Gasteiger partial charge in [0.25, 0.3) is 0 Å². The zero-order chi connectivity index (χ0) is 24.2. The van der Waals surface area contributed by atoms with Crippen LogP contribution in [-0.2, 0) is 14.8 Å². The van der Waals surface area contributed by atoms with Crippen LogP contribution in [0.25, 0.3) is 0 Å². The molecule has 2 N–H and O–H groups in total. The Morgan fingerprint density at radius 2 is 1.61 bits per heavy atom. The molecule has 1 saturated carbocycles. The molecule has 0 bridgehead atoms. The fraction of sp³-hybridized carbons (Fsp3) is 0.458. The Labute approximate surface area is 194 Å². The van der Waals surface area contributed by atoms with E-state index in [2.05, 4.69) is 10.0 Å². The standard InChI is InChI=1S/C24H31FN2O5S/c1-15-13-21(31-3)22(32-4)14-23(15)33(29,30)27-20-11-7-18(8-12-20)24(28)26-16(2)17-5-9-19(25)10-6-17/h5-6,9-10,13-14,16,18,20,27H,7-8,11-12H2,1-4H3,(H,26,28)/t16-,18?,20?/m1/s1. The Kier molecular flexibility index (Phi) is 7.97. The molecule has 0 radical (unpaired) electrons. The molecule has 1 aliphatic carbocycles. The Morgan fingerprint density at radius 3 is 2.18 bits per heavy atom. The molecule has 1 fully saturated rings. The van der Waals surface area contributed by atoms with E-state index >= 15 is 0 Å². The summed E-state index contributed by atoms with van der Waals surface area (Å²) in [7, 11) is -0.804. The Morgan fingerprint density at radius 1 is 1.03 bits per heavy atom. The highest BCUT2D eigenvalue weighted by atomic mass is 32.2. The minimum absolute atomic E-state index is 0.0659. The lowest BCUT2D eigenvalue weighted by atomic mass is 9.85. The lowest BCUT2D eigenvalue weighted by Gasteiger charge is -2.29. The second-order valence-corrected chi connectivity index (χ2v) is 10.1. The van der Waals surface area contributed by atoms with E-state index in [4.69, 9.17) is 9.47 Å². The largest absolute Gasteiger partial charge is 0.493 e. The van der Waals surface area contributed by atoms with Crippen LogP contribution in [0.4, 0.5) is 4.39 Å². The zero-order valence-electron chi connectivity index (χ0n) is 19.4. The number of halogens is 1. The van der Waals surface area contributed by atoms with Crippen molar-refractivity contribution >= 4 is 15.9 Å². The first-order valence-corrected chi connectivity index (χ1v) is 12.4. The molecule has 1 atom stereocenters. The maximum atomic E-state index is 13.1. The van der Waals surface area contributed by atoms with Gasteiger partial charge in [-0.1, -0.05) is 12.1 Å². The van der Waals surface area contributed by atoms with Crippen molar-refractivity contribution < 1.29 is 27.1 Å². The Balaban J connectivity index is 1.58. The van der Waals surface area contributed by atoms with E-state index < -0.39 is 10.0 Å². The highest BCUT2D eigenvalue weighted by Gasteiger charge is 2.30. The van der Waals surface area contributed by atoms with E-state index in [1.165, 1.54) is 32.4 Å². The topological polar surface area (TPSA) is 93.7 Å². The molecular weight excluding hydrogens is 447 g/mol. The molecule has 7 nitrogen and oxygen atoms in total. The fourth-order valence-electron chi connectivity index (χ4n) is 4.17. The quantitative estimate of drug-likeness (QED) is 0.601. The zero-order valence-corrected chi connectivity index (χ0v) is 20.2. The van der Waals surface area contributed by atoms with Gasteiger partial charge < -0.3 is 14.8 Å². The first kappa shape index (κ1) is 25.0. The van der Waals surface area contributed by atoms with Crippen molar-refractivity contribution in [3.05, 3.63) is 53.3 Å². The van der Waals surface area contributed by atoms with Crippen molar-refractivity contribution in [2.75, 3.05) is 14.2 Å². The van der Waals surface area contributed by atoms with Gasteiger partial charge in [0.2, 0.25) is 15.9 Å². The second-order valence-electron chi connectivity index (χ2n) is 8.42. The first-order chi connectivity index (χ1) is 15.6. The molecule has 1 aliphatic rings. The van der Waals surface area contributed by atoms with Crippen LogP contribution in [-0.4, -0.2) is 34.6 Å². The molecule has 33 heavy (non-hydrogen) atoms. The third kappa shape index (κ3) is 6.03. The number of rotatable bonds is 8. The molecular formula is C24H31FN2O5S. The minimum Gasteiger partial charge on any atom is -0.493 e. The van der Waals surface area contributed by atoms with Crippen molar-refractivity contribution in [2.24, 2.45) is 5.92 Å². The van der Waals surface area contributed by atoms with Gasteiger partial charge in [-0.15, -0.1) is 0 Å². The maximum Gasteiger partial charge on any atom is 0.241 e. The maximum absolute atomic E-state index is 13.1. The summed E-state index contributed by atoms with van der Waals surface area (Å²) in [6.45, 7) is 3.57. The van der Waals surface area contributed by atoms with Crippen LogP contribution in [0.2, 0.25) is 0 Å². The van der Waals surface area contributed by atoms with E-state index in [1.54, 1.807) is 25.1 Å². The molecule has 0 saturated heterocycles. The summed E-state index contributed by atoms with van der Waals surface area (Å²) < 4.78 is 52.4. The van der Waals surface area contributed by atoms with Gasteiger partial charge in [-0.2, -0.15) is 0 Å². The number of carbonyl (C=O) groups excluding carboxylic acids is 1. The SMILES string of the molecule is COc1cc(C)c(S(=O)(=O)NC2CCC(C(=O)N[C@H](C)c3ccc(F)cc3)CC2)cc1OC. The molecule has 0 spiro atoms. The number of aryl methyl sites for hydroxylation is 1. The number of benzene rings is 2. The number of sulfonamides is 1. The molecule has 0 heterocycles. The average molecular weight is 479 g/mol. The van der Waals surface area contributed by atoms with E-state index in [-0.39, 0.29) is 34.6 Å². The molecule has 2 aromatic carbocycles. The third-order valence-electron chi connectivity index (χ3n) is 6.12. The summed E-state index contributed by atoms with van der Waals surface area (Å²) in [5.74, 6) is 0.246. The van der Waals surface area contributed by atoms with Gasteiger partial charge in [-0.25, -0.2) is 17.5 Å². The lowest BCUT2D eigenvalue weighted by molar-refractivity contribution is -0.126. The molecule has 180 valence electrons. The molecule has 1 amide bonds. The van der Waals surface area contributed by atoms with Crippen LogP contribution >= 0.6 is 0 Å². The van der Waals surface area contributed by atoms with Gasteiger partial charge in [-0.3, -0.25) is 4.79 Å². The molecule has 0 aliphatic heterocycles. The lowest BCUT2D eigenvalue weighted by Crippen LogP contribution is -2.41. The van der Waals surface area contributed by atoms with E-state index in [0.717, 1.165) is 5.56 Å². The third-order valence-corrected chi connectivity index (χ3v) is 7.78. The van der Waals surface area contributed by atoms with Gasteiger partial charge in [0, 0.05) is 18.0 Å². The summed E-state index contributed by atoms with van der Waals surface area (Å²) in [5, 5.41) is 2.98. The van der Waals surface area contributed by atoms with Crippen LogP contribution in [0.15, 0.2) is 41.3 Å². The summed E-state index contributed by atoms with van der Waals surface area (Å²) in [6.07, 6.45) is 2.29. The Bertz CT molecular complexity index is 1080. The number of hydrogen-bond donors (Lipinski definition) is 2. The van der Waals surface area contributed by atoms with Crippen LogP contribution in [0, 0.1) is 18.7 Å². The van der Waals surface area contributed by atoms with Gasteiger partial charge >= 0.3 is 0 Å². The fourth-order valence-corrected chi connectivity index (χ4v) is 5.72. The molecule has 0 unspecified atom stereocenters. The highest BCUT2D eigenvalue weighted by molar-refractivity contribution is 7.89. The van der Waals surface area contributed by atoms with Crippen LogP contribution in [0.3, 0.4) is 0 Å². The predicted molar refractivity (Wildman–Crippen MR) is 123 cm³/mol. The summed E-state index contributed by atoms with van der Waals surface area (Å²) in [6, 6.07) is 8.67. The van der Waals surface area contributed by atoms with E-state index in [1.807, 2.05) is 6.92 Å². The van der Waals surface area contributed by atoms with Crippen molar-refractivity contribution in [1.29, 1.82) is 0 Å². The number of nitrogens with one attached hydrogen (secondary N) is 2. The average Bonchev–Trinajstić information content (AvgIpc) is 2.79. The van der Waals surface area contributed by atoms with Gasteiger partial charge in [-0.05, 0) is 68.9 Å². The number of hydrogen-bond acceptors (Lipinski definition) is 5. The monoisotopic (exact) mass is 478 g/mol. The van der Waals surface area contributed by atoms with Gasteiger partial charge in [0.05, 0.1) is 25.2 Å². The predicted octanol–water partition coefficient (Wildman–Crippen LogP) is 3.87. The van der Waals surface area contributed by atoms with Gasteiger partial charge in [0.1, 0.15) is 5.82 Å². The highest BCUT2D eigenvalue weighted by Crippen LogP contribution is 2.33. The Hall–Kier alpha value is -2.65. The van der Waals surface area contributed by atoms with Crippen LogP contribution in [0.1, 0.15) is 49.8 Å². The smallest absolute Gasteiger partial charge is 0.241 e. The van der Waals surface area contributed by atoms with Gasteiger partial charge in [0.15, 0.2) is 11.5 Å². The summed E-state index contributed by atoms with van der Waals surface area (Å²) in [5.41, 5.74) is 1.39. The first-order valence-electron chi connectivity index (χ1n) is 11.0. The number of amides is 1. The van der Waals surface area contributed by atoms with Crippen molar-refractivity contribution in [3.63, 3.8) is 0 Å². The van der Waals surface area contributed by atoms with Crippen LogP contribution < -0.4 is 19.5 Å². The van der Waals surface area contributed by atoms with E-state index in [9.17, 15) is 17.6 Å². The number of methoxy groups -OCH3 is 2. The van der Waals surface area contributed by atoms with Crippen molar-refractivity contribution in [2.45, 2.75) is 56.5 Å². The molecule has 3 rings (SSSR count). The molecule has 2 aromatic rings. The van der Waals surface area contributed by atoms with E-state index in [0.29, 0.717) is 42.7 Å². The van der Waals surface area contributed by atoms with Crippen molar-refractivity contribution in [3.8, 4) is 11.5 Å². The van der Waals surface area contributed by atoms with Crippen LogP contribution in [0.5, 0.6) is 11.5 Å². The number of ether oxygens (including phenoxy) is 2. The second kappa shape index (κ2) is 10.5. The number of carbonyl (C=O) groups is 1. The molecule has 9 heteroatoms. The summed E-state index contributed by atoms with van der Waals surface area (Å²) >= 11 is 0. The summed E-state index contributed by atoms with van der Waals surface area (Å²) in [4.78, 5) is 12.8. The normalized spacial score (nSPS) is 19.5. The molecule has 0 aromatic heterocycles. The minimum atomic E-state index is -3.76. The van der Waals surface area contributed by atoms with Crippen molar-refractivity contribution in [1.82, 2.24) is 10.0 Å².